The second-order valence-corrected chi connectivity index (χ2v) is 4.22. The van der Waals surface area contributed by atoms with Gasteiger partial charge in [-0.05, 0) is 26.7 Å². The van der Waals surface area contributed by atoms with Crippen molar-refractivity contribution >= 4 is 0 Å². The highest BCUT2D eigenvalue weighted by Crippen LogP contribution is 2.22. The molecule has 0 amide bonds. The highest BCUT2D eigenvalue weighted by atomic mass is 19.4. The van der Waals surface area contributed by atoms with Gasteiger partial charge in [0.1, 0.15) is 5.76 Å². The third-order valence-corrected chi connectivity index (χ3v) is 2.41. The zero-order valence-electron chi connectivity index (χ0n) is 9.97. The van der Waals surface area contributed by atoms with Crippen LogP contribution in [0.2, 0.25) is 0 Å². The molecule has 6 heteroatoms. The molecule has 1 unspecified atom stereocenters. The average molecular weight is 250 g/mol. The number of hydrogen-bond acceptors (Lipinski definition) is 3. The quantitative estimate of drug-likeness (QED) is 0.842. The van der Waals surface area contributed by atoms with E-state index in [-0.39, 0.29) is 12.5 Å². The van der Waals surface area contributed by atoms with E-state index in [1.807, 2.05) is 6.92 Å². The maximum absolute atomic E-state index is 11.9. The summed E-state index contributed by atoms with van der Waals surface area (Å²) in [6.07, 6.45) is -4.13. The molecule has 0 saturated heterocycles. The van der Waals surface area contributed by atoms with Crippen LogP contribution in [0.15, 0.2) is 10.6 Å². The molecule has 3 nitrogen and oxygen atoms in total. The summed E-state index contributed by atoms with van der Waals surface area (Å²) in [7, 11) is 0. The van der Waals surface area contributed by atoms with E-state index in [0.717, 1.165) is 11.5 Å². The van der Waals surface area contributed by atoms with Crippen molar-refractivity contribution in [3.05, 3.63) is 17.5 Å². The first-order valence-electron chi connectivity index (χ1n) is 5.59. The van der Waals surface area contributed by atoms with Crippen LogP contribution in [-0.2, 0) is 6.54 Å². The molecule has 1 aromatic heterocycles. The lowest BCUT2D eigenvalue weighted by Gasteiger charge is -2.13. The highest BCUT2D eigenvalue weighted by Gasteiger charge is 2.26. The monoisotopic (exact) mass is 250 g/mol. The van der Waals surface area contributed by atoms with Crippen LogP contribution in [0.4, 0.5) is 13.2 Å². The molecule has 0 aliphatic rings. The van der Waals surface area contributed by atoms with Gasteiger partial charge in [0.25, 0.3) is 0 Å². The maximum Gasteiger partial charge on any atom is 0.389 e. The summed E-state index contributed by atoms with van der Waals surface area (Å²) in [6.45, 7) is 4.18. The zero-order chi connectivity index (χ0) is 12.9. The number of nitrogens with zero attached hydrogens (tertiary/aromatic N) is 1. The van der Waals surface area contributed by atoms with Gasteiger partial charge in [-0.1, -0.05) is 5.16 Å². The number of halogens is 3. The molecule has 0 aliphatic heterocycles. The first kappa shape index (κ1) is 14.0. The summed E-state index contributed by atoms with van der Waals surface area (Å²) in [5, 5.41) is 6.90. The predicted octanol–water partition coefficient (Wildman–Crippen LogP) is 3.19. The summed E-state index contributed by atoms with van der Waals surface area (Å²) in [5.41, 5.74) is 0.769. The van der Waals surface area contributed by atoms with Crippen LogP contribution in [0.5, 0.6) is 0 Å². The van der Waals surface area contributed by atoms with Crippen LogP contribution in [-0.4, -0.2) is 17.4 Å². The van der Waals surface area contributed by atoms with Gasteiger partial charge in [0.15, 0.2) is 0 Å². The summed E-state index contributed by atoms with van der Waals surface area (Å²) in [6, 6.07) is 1.84. The Kier molecular flexibility index (Phi) is 4.99. The van der Waals surface area contributed by atoms with Gasteiger partial charge in [-0.15, -0.1) is 0 Å². The van der Waals surface area contributed by atoms with Crippen molar-refractivity contribution < 1.29 is 17.7 Å². The average Bonchev–Trinajstić information content (AvgIpc) is 2.59. The van der Waals surface area contributed by atoms with Crippen LogP contribution in [0.1, 0.15) is 37.6 Å². The standard InChI is InChI=1S/C11H17F3N2O/c1-8(4-3-5-11(12,13)14)15-7-10-6-9(2)17-16-10/h6,8,15H,3-5,7H2,1-2H3. The molecular formula is C11H17F3N2O. The van der Waals surface area contributed by atoms with E-state index in [1.165, 1.54) is 0 Å². The van der Waals surface area contributed by atoms with Crippen molar-refractivity contribution in [1.82, 2.24) is 10.5 Å². The molecule has 1 rings (SSSR count). The number of rotatable bonds is 6. The third-order valence-electron chi connectivity index (χ3n) is 2.41. The molecule has 98 valence electrons. The van der Waals surface area contributed by atoms with Crippen LogP contribution in [0, 0.1) is 6.92 Å². The van der Waals surface area contributed by atoms with Crippen molar-refractivity contribution in [2.75, 3.05) is 0 Å². The number of nitrogens with one attached hydrogen (secondary N) is 1. The Balaban J connectivity index is 2.15. The minimum atomic E-state index is -4.05. The topological polar surface area (TPSA) is 38.1 Å². The molecule has 0 radical (unpaired) electrons. The molecule has 0 spiro atoms. The lowest BCUT2D eigenvalue weighted by atomic mass is 10.1. The Bertz CT molecular complexity index is 336. The predicted molar refractivity (Wildman–Crippen MR) is 57.4 cm³/mol. The smallest absolute Gasteiger partial charge is 0.361 e. The molecule has 1 N–H and O–H groups in total. The number of aryl methyl sites for hydroxylation is 1. The first-order chi connectivity index (χ1) is 7.87. The SMILES string of the molecule is Cc1cc(CNC(C)CCCC(F)(F)F)no1. The number of aromatic nitrogens is 1. The largest absolute Gasteiger partial charge is 0.389 e. The lowest BCUT2D eigenvalue weighted by Crippen LogP contribution is -2.26. The third kappa shape index (κ3) is 6.31. The normalized spacial score (nSPS) is 13.9. The Labute approximate surface area is 98.4 Å². The van der Waals surface area contributed by atoms with Gasteiger partial charge >= 0.3 is 6.18 Å². The van der Waals surface area contributed by atoms with Crippen molar-refractivity contribution in [3.63, 3.8) is 0 Å². The van der Waals surface area contributed by atoms with Crippen LogP contribution in [0.3, 0.4) is 0 Å². The Morgan fingerprint density at radius 2 is 2.18 bits per heavy atom. The van der Waals surface area contributed by atoms with Crippen molar-refractivity contribution in [2.24, 2.45) is 0 Å². The second-order valence-electron chi connectivity index (χ2n) is 4.22. The highest BCUT2D eigenvalue weighted by molar-refractivity contribution is 5.02. The fraction of sp³-hybridized carbons (Fsp3) is 0.727. The molecule has 0 fully saturated rings. The van der Waals surface area contributed by atoms with Gasteiger partial charge in [0.2, 0.25) is 0 Å². The van der Waals surface area contributed by atoms with E-state index in [2.05, 4.69) is 10.5 Å². The van der Waals surface area contributed by atoms with Gasteiger partial charge in [-0.25, -0.2) is 0 Å². The molecular weight excluding hydrogens is 233 g/mol. The van der Waals surface area contributed by atoms with Crippen molar-refractivity contribution in [1.29, 1.82) is 0 Å². The zero-order valence-corrected chi connectivity index (χ0v) is 9.97. The second kappa shape index (κ2) is 6.05. The Morgan fingerprint density at radius 3 is 2.71 bits per heavy atom. The fourth-order valence-electron chi connectivity index (χ4n) is 1.49. The first-order valence-corrected chi connectivity index (χ1v) is 5.59. The summed E-state index contributed by atoms with van der Waals surface area (Å²) >= 11 is 0. The van der Waals surface area contributed by atoms with Gasteiger partial charge in [-0.3, -0.25) is 0 Å². The number of hydrogen-bond donors (Lipinski definition) is 1. The molecule has 0 saturated carbocycles. The summed E-state index contributed by atoms with van der Waals surface area (Å²) < 4.78 is 40.6. The maximum atomic E-state index is 11.9. The van der Waals surface area contributed by atoms with Gasteiger partial charge in [-0.2, -0.15) is 13.2 Å². The van der Waals surface area contributed by atoms with E-state index >= 15 is 0 Å². The van der Waals surface area contributed by atoms with E-state index in [9.17, 15) is 13.2 Å². The minimum absolute atomic E-state index is 0.0364. The Morgan fingerprint density at radius 1 is 1.47 bits per heavy atom. The van der Waals surface area contributed by atoms with E-state index in [0.29, 0.717) is 13.0 Å². The van der Waals surface area contributed by atoms with Crippen LogP contribution in [0.25, 0.3) is 0 Å². The molecule has 1 aromatic rings. The molecule has 1 heterocycles. The van der Waals surface area contributed by atoms with Crippen LogP contribution < -0.4 is 5.32 Å². The van der Waals surface area contributed by atoms with E-state index in [1.54, 1.807) is 13.0 Å². The van der Waals surface area contributed by atoms with E-state index in [4.69, 9.17) is 4.52 Å². The fourth-order valence-corrected chi connectivity index (χ4v) is 1.49. The van der Waals surface area contributed by atoms with E-state index < -0.39 is 12.6 Å². The van der Waals surface area contributed by atoms with Gasteiger partial charge in [0, 0.05) is 25.1 Å². The van der Waals surface area contributed by atoms with Crippen molar-refractivity contribution in [2.45, 2.75) is 51.9 Å². The molecule has 17 heavy (non-hydrogen) atoms. The van der Waals surface area contributed by atoms with Gasteiger partial charge < -0.3 is 9.84 Å². The van der Waals surface area contributed by atoms with Crippen molar-refractivity contribution in [3.8, 4) is 0 Å². The Hall–Kier alpha value is -1.04. The molecule has 0 aliphatic carbocycles. The molecule has 1 atom stereocenters. The van der Waals surface area contributed by atoms with Gasteiger partial charge in [0.05, 0.1) is 5.69 Å². The summed E-state index contributed by atoms with van der Waals surface area (Å²) in [4.78, 5) is 0. The summed E-state index contributed by atoms with van der Waals surface area (Å²) in [5.74, 6) is 0.728. The minimum Gasteiger partial charge on any atom is -0.361 e. The van der Waals surface area contributed by atoms with Crippen LogP contribution >= 0.6 is 0 Å². The molecule has 0 bridgehead atoms. The lowest BCUT2D eigenvalue weighted by molar-refractivity contribution is -0.135. The number of alkyl halides is 3. The molecule has 0 aromatic carbocycles.